The van der Waals surface area contributed by atoms with Gasteiger partial charge in [-0.25, -0.2) is 4.98 Å². The van der Waals surface area contributed by atoms with Gasteiger partial charge in [-0.1, -0.05) is 85.2 Å². The van der Waals surface area contributed by atoms with Crippen LogP contribution in [-0.4, -0.2) is 54.4 Å². The number of hydrogen-bond acceptors (Lipinski definition) is 8. The number of methoxy groups -OCH3 is 1. The number of aromatic hydroxyl groups is 1. The molecule has 2 aliphatic heterocycles. The highest BCUT2D eigenvalue weighted by molar-refractivity contribution is 6.06. The van der Waals surface area contributed by atoms with Crippen molar-refractivity contribution in [1.82, 2.24) is 15.6 Å². The SMILES string of the molecule is COc1cc(C=CC(=O)CC(=O)CCCC2(CC3C4NCCCC4=CC4CNCCC43)CCCC2)c(Cc2cnc(N)cc2CCc2cccc(CCc3ccccc3)c2)cc1O. The van der Waals surface area contributed by atoms with E-state index in [0.717, 1.165) is 86.3 Å². The van der Waals surface area contributed by atoms with Crippen molar-refractivity contribution in [2.75, 3.05) is 32.5 Å². The number of benzene rings is 3. The number of Topliss-reactive ketones (excluding diaryl/α,β-unsaturated/α-hetero) is 1. The number of fused-ring (bicyclic) bond motifs is 2. The van der Waals surface area contributed by atoms with Gasteiger partial charge in [0.05, 0.1) is 13.5 Å². The number of allylic oxidation sites excluding steroid dienone is 1. The second kappa shape index (κ2) is 21.1. The minimum atomic E-state index is -0.212. The Morgan fingerprint density at radius 3 is 2.49 bits per heavy atom. The number of nitrogens with zero attached hydrogens (tertiary/aromatic N) is 1. The molecule has 4 aromatic rings. The van der Waals surface area contributed by atoms with Crippen molar-refractivity contribution in [1.29, 1.82) is 0 Å². The fourth-order valence-electron chi connectivity index (χ4n) is 11.6. The zero-order chi connectivity index (χ0) is 43.6. The van der Waals surface area contributed by atoms with Crippen molar-refractivity contribution >= 4 is 23.5 Å². The van der Waals surface area contributed by atoms with Crippen molar-refractivity contribution in [2.45, 2.75) is 115 Å². The summed E-state index contributed by atoms with van der Waals surface area (Å²) >= 11 is 0. The van der Waals surface area contributed by atoms with Crippen LogP contribution in [0.15, 0.2) is 96.7 Å². The molecule has 5 N–H and O–H groups in total. The summed E-state index contributed by atoms with van der Waals surface area (Å²) in [5.74, 6) is 2.65. The third kappa shape index (κ3) is 11.6. The van der Waals surface area contributed by atoms with Gasteiger partial charge in [-0.15, -0.1) is 0 Å². The zero-order valence-electron chi connectivity index (χ0n) is 37.4. The number of phenols is 1. The molecular weight excluding hydrogens is 781 g/mol. The molecule has 4 aliphatic rings. The Morgan fingerprint density at radius 2 is 1.68 bits per heavy atom. The lowest BCUT2D eigenvalue weighted by Gasteiger charge is -2.50. The van der Waals surface area contributed by atoms with E-state index in [2.05, 4.69) is 76.3 Å². The molecule has 1 saturated carbocycles. The van der Waals surface area contributed by atoms with E-state index in [9.17, 15) is 14.7 Å². The number of ether oxygens (including phenoxy) is 1. The molecule has 0 spiro atoms. The minimum absolute atomic E-state index is 0.0101. The first-order chi connectivity index (χ1) is 30.7. The van der Waals surface area contributed by atoms with E-state index in [0.29, 0.717) is 47.7 Å². The van der Waals surface area contributed by atoms with Crippen molar-refractivity contribution in [3.05, 3.63) is 136 Å². The Labute approximate surface area is 375 Å². The topological polar surface area (TPSA) is 127 Å². The van der Waals surface area contributed by atoms with Crippen molar-refractivity contribution in [3.8, 4) is 11.5 Å². The molecular formula is C55H68N4O4. The number of nitrogens with two attached hydrogens (primary N) is 1. The second-order valence-corrected chi connectivity index (χ2v) is 19.1. The van der Waals surface area contributed by atoms with Crippen LogP contribution in [0.2, 0.25) is 0 Å². The molecule has 8 nitrogen and oxygen atoms in total. The summed E-state index contributed by atoms with van der Waals surface area (Å²) in [4.78, 5) is 31.1. The van der Waals surface area contributed by atoms with Crippen LogP contribution >= 0.6 is 0 Å². The quantitative estimate of drug-likeness (QED) is 0.0418. The molecule has 3 heterocycles. The number of aryl methyl sites for hydroxylation is 4. The summed E-state index contributed by atoms with van der Waals surface area (Å²) in [5.41, 5.74) is 15.7. The Hall–Kier alpha value is -5.05. The monoisotopic (exact) mass is 849 g/mol. The summed E-state index contributed by atoms with van der Waals surface area (Å²) < 4.78 is 5.47. The maximum atomic E-state index is 13.4. The summed E-state index contributed by atoms with van der Waals surface area (Å²) in [6, 6.07) is 25.3. The van der Waals surface area contributed by atoms with E-state index < -0.39 is 0 Å². The molecule has 0 bridgehead atoms. The first kappa shape index (κ1) is 44.6. The lowest BCUT2D eigenvalue weighted by molar-refractivity contribution is -0.124. The van der Waals surface area contributed by atoms with Gasteiger partial charge in [-0.05, 0) is 183 Å². The number of phenolic OH excluding ortho intramolecular Hbond substituents is 1. The largest absolute Gasteiger partial charge is 0.504 e. The van der Waals surface area contributed by atoms with Crippen LogP contribution in [0.3, 0.4) is 0 Å². The summed E-state index contributed by atoms with van der Waals surface area (Å²) in [7, 11) is 1.51. The number of ketones is 2. The van der Waals surface area contributed by atoms with Gasteiger partial charge in [0.2, 0.25) is 0 Å². The molecule has 3 aromatic carbocycles. The number of carbonyl (C=O) groups excluding carboxylic acids is 2. The number of nitrogen functional groups attached to an aromatic ring is 1. The van der Waals surface area contributed by atoms with Crippen molar-refractivity contribution in [3.63, 3.8) is 0 Å². The summed E-state index contributed by atoms with van der Waals surface area (Å²) in [6.07, 6.45) is 24.1. The van der Waals surface area contributed by atoms with Crippen LogP contribution in [0.25, 0.3) is 6.08 Å². The van der Waals surface area contributed by atoms with Crippen LogP contribution in [0.1, 0.15) is 116 Å². The number of pyridine rings is 1. The highest BCUT2D eigenvalue weighted by Gasteiger charge is 2.46. The van der Waals surface area contributed by atoms with E-state index in [1.165, 1.54) is 81.2 Å². The molecule has 63 heavy (non-hydrogen) atoms. The Kier molecular flexibility index (Phi) is 14.9. The first-order valence-electron chi connectivity index (χ1n) is 23.9. The molecule has 1 aromatic heterocycles. The summed E-state index contributed by atoms with van der Waals surface area (Å²) in [6.45, 7) is 3.34. The van der Waals surface area contributed by atoms with Gasteiger partial charge in [0, 0.05) is 25.2 Å². The fraction of sp³-hybridized carbons (Fsp3) is 0.473. The third-order valence-corrected chi connectivity index (χ3v) is 14.9. The van der Waals surface area contributed by atoms with Gasteiger partial charge in [0.15, 0.2) is 17.3 Å². The average Bonchev–Trinajstić information content (AvgIpc) is 3.76. The number of rotatable bonds is 19. The van der Waals surface area contributed by atoms with E-state index in [-0.39, 0.29) is 23.7 Å². The van der Waals surface area contributed by atoms with E-state index >= 15 is 0 Å². The molecule has 2 aliphatic carbocycles. The van der Waals surface area contributed by atoms with Crippen molar-refractivity contribution < 1.29 is 19.4 Å². The number of aromatic nitrogens is 1. The smallest absolute Gasteiger partial charge is 0.163 e. The molecule has 2 saturated heterocycles. The molecule has 4 atom stereocenters. The van der Waals surface area contributed by atoms with Crippen molar-refractivity contribution in [2.24, 2.45) is 23.2 Å². The van der Waals surface area contributed by atoms with Gasteiger partial charge in [0.1, 0.15) is 11.6 Å². The third-order valence-electron chi connectivity index (χ3n) is 14.9. The zero-order valence-corrected chi connectivity index (χ0v) is 37.4. The first-order valence-corrected chi connectivity index (χ1v) is 23.9. The predicted octanol–water partition coefficient (Wildman–Crippen LogP) is 9.74. The van der Waals surface area contributed by atoms with E-state index in [1.807, 2.05) is 12.3 Å². The lowest BCUT2D eigenvalue weighted by atomic mass is 9.60. The average molecular weight is 849 g/mol. The minimum Gasteiger partial charge on any atom is -0.504 e. The van der Waals surface area contributed by atoms with Crippen LogP contribution in [0.5, 0.6) is 11.5 Å². The molecule has 3 fully saturated rings. The Bertz CT molecular complexity index is 2260. The lowest BCUT2D eigenvalue weighted by Crippen LogP contribution is -2.53. The van der Waals surface area contributed by atoms with E-state index in [4.69, 9.17) is 10.5 Å². The highest BCUT2D eigenvalue weighted by atomic mass is 16.5. The van der Waals surface area contributed by atoms with Gasteiger partial charge in [-0.2, -0.15) is 0 Å². The molecule has 8 heteroatoms. The fourth-order valence-corrected chi connectivity index (χ4v) is 11.6. The highest BCUT2D eigenvalue weighted by Crippen LogP contribution is 2.52. The molecule has 332 valence electrons. The van der Waals surface area contributed by atoms with Gasteiger partial charge in [0.25, 0.3) is 0 Å². The van der Waals surface area contributed by atoms with Crippen LogP contribution < -0.4 is 21.1 Å². The predicted molar refractivity (Wildman–Crippen MR) is 254 cm³/mol. The maximum Gasteiger partial charge on any atom is 0.163 e. The van der Waals surface area contributed by atoms with Crippen LogP contribution in [0, 0.1) is 23.2 Å². The Morgan fingerprint density at radius 1 is 0.905 bits per heavy atom. The normalized spacial score (nSPS) is 21.7. The molecule has 4 unspecified atom stereocenters. The van der Waals surface area contributed by atoms with Gasteiger partial charge in [-0.3, -0.25) is 9.59 Å². The van der Waals surface area contributed by atoms with Gasteiger partial charge < -0.3 is 26.2 Å². The number of hydrogen-bond donors (Lipinski definition) is 4. The number of anilines is 1. The number of carbonyl (C=O) groups is 2. The molecule has 0 radical (unpaired) electrons. The second-order valence-electron chi connectivity index (χ2n) is 19.1. The number of piperidine rings is 2. The maximum absolute atomic E-state index is 13.4. The van der Waals surface area contributed by atoms with Crippen LogP contribution in [0.4, 0.5) is 5.82 Å². The molecule has 0 amide bonds. The summed E-state index contributed by atoms with van der Waals surface area (Å²) in [5, 5.41) is 18.5. The Balaban J connectivity index is 0.882. The van der Waals surface area contributed by atoms with Gasteiger partial charge >= 0.3 is 0 Å². The van der Waals surface area contributed by atoms with Crippen LogP contribution in [-0.2, 0) is 41.7 Å². The molecule has 8 rings (SSSR count). The standard InChI is InChI=1S/C55H68N4O4/c1-63-52-32-41(44(31-51(52)62)30-45-37-59-53(56)33-42(45)19-18-40-13-7-12-39(28-40)17-16-38-10-3-2-4-11-38)20-21-48(61)34-47(60)15-8-25-55(23-5-6-24-55)35-50-49-22-27-57-36-46(49)29-43-14-9-26-58-54(43)50/h2-4,7,10-13,20-21,28-29,31-33,37,46,49-50,54,57-58,62H,5-6,8-9,14-19,22-27,30,34-36H2,1H3,(H2,56,59). The van der Waals surface area contributed by atoms with E-state index in [1.54, 1.807) is 23.8 Å². The number of nitrogens with one attached hydrogen (secondary N) is 2.